The number of hydrogen-bond acceptors (Lipinski definition) is 6. The molecule has 4 rings (SSSR count). The molecule has 1 aromatic heterocycles. The quantitative estimate of drug-likeness (QED) is 0.799. The molecule has 0 aliphatic carbocycles. The lowest BCUT2D eigenvalue weighted by Crippen LogP contribution is -2.38. The molecular weight excluding hydrogens is 376 g/mol. The van der Waals surface area contributed by atoms with Gasteiger partial charge in [-0.1, -0.05) is 6.92 Å². The third-order valence-electron chi connectivity index (χ3n) is 5.59. The van der Waals surface area contributed by atoms with Crippen LogP contribution in [0.4, 0.5) is 31.9 Å². The van der Waals surface area contributed by atoms with Crippen LogP contribution in [0, 0.1) is 0 Å². The second-order valence-electron chi connectivity index (χ2n) is 7.75. The summed E-state index contributed by atoms with van der Waals surface area (Å²) in [7, 11) is 0. The van der Waals surface area contributed by atoms with E-state index in [-0.39, 0.29) is 19.2 Å². The number of piperidine rings is 1. The molecule has 3 heterocycles. The highest BCUT2D eigenvalue weighted by atomic mass is 19.2. The molecule has 0 amide bonds. The Morgan fingerprint density at radius 1 is 1.10 bits per heavy atom. The number of alkyl halides is 2. The first-order chi connectivity index (χ1) is 14.0. The zero-order valence-electron chi connectivity index (χ0n) is 16.6. The molecule has 2 saturated heterocycles. The topological polar surface area (TPSA) is 64.5 Å². The van der Waals surface area contributed by atoms with Gasteiger partial charge in [-0.2, -0.15) is 4.98 Å². The molecule has 0 spiro atoms. The van der Waals surface area contributed by atoms with E-state index in [1.54, 1.807) is 11.1 Å². The average Bonchev–Trinajstić information content (AvgIpc) is 3.07. The lowest BCUT2D eigenvalue weighted by atomic mass is 10.1. The van der Waals surface area contributed by atoms with Crippen molar-refractivity contribution in [3.63, 3.8) is 0 Å². The third kappa shape index (κ3) is 4.42. The van der Waals surface area contributed by atoms with Crippen molar-refractivity contribution in [1.29, 1.82) is 0 Å². The highest BCUT2D eigenvalue weighted by Crippen LogP contribution is 2.28. The van der Waals surface area contributed by atoms with E-state index < -0.39 is 12.3 Å². The van der Waals surface area contributed by atoms with Crippen LogP contribution < -0.4 is 15.1 Å². The standard InChI is InChI=1S/C21H27F2N5O/c1-2-14-10-24-21(26-20(14)28-12-18(22)19(23)13-28)25-15-5-7-16(8-6-15)27-9-3-4-17(29)11-27/h5-8,10,17-19,29H,2-4,9,11-13H2,1H3,(H,24,25,26)/t17?,18-,19-/m0/s1. The van der Waals surface area contributed by atoms with Gasteiger partial charge in [0.05, 0.1) is 19.2 Å². The van der Waals surface area contributed by atoms with Gasteiger partial charge in [0.1, 0.15) is 5.82 Å². The first-order valence-electron chi connectivity index (χ1n) is 10.2. The van der Waals surface area contributed by atoms with Gasteiger partial charge in [0, 0.05) is 36.2 Å². The molecule has 29 heavy (non-hydrogen) atoms. The van der Waals surface area contributed by atoms with Crippen molar-refractivity contribution in [2.24, 2.45) is 0 Å². The zero-order valence-corrected chi connectivity index (χ0v) is 16.6. The van der Waals surface area contributed by atoms with Gasteiger partial charge in [0.15, 0.2) is 12.3 Å². The molecule has 156 valence electrons. The Bertz CT molecular complexity index is 824. The third-order valence-corrected chi connectivity index (χ3v) is 5.59. The number of rotatable bonds is 5. The summed E-state index contributed by atoms with van der Waals surface area (Å²) >= 11 is 0. The van der Waals surface area contributed by atoms with E-state index in [1.165, 1.54) is 0 Å². The normalized spacial score (nSPS) is 24.8. The molecule has 0 saturated carbocycles. The first-order valence-corrected chi connectivity index (χ1v) is 10.2. The Morgan fingerprint density at radius 2 is 1.83 bits per heavy atom. The largest absolute Gasteiger partial charge is 0.391 e. The Balaban J connectivity index is 1.48. The fourth-order valence-electron chi connectivity index (χ4n) is 3.95. The summed E-state index contributed by atoms with van der Waals surface area (Å²) in [5, 5.41) is 13.0. The van der Waals surface area contributed by atoms with Crippen molar-refractivity contribution in [2.45, 2.75) is 44.6 Å². The number of hydrogen-bond donors (Lipinski definition) is 2. The highest BCUT2D eigenvalue weighted by Gasteiger charge is 2.34. The number of halogens is 2. The Kier molecular flexibility index (Phi) is 5.80. The summed E-state index contributed by atoms with van der Waals surface area (Å²) in [5.74, 6) is 0.989. The minimum Gasteiger partial charge on any atom is -0.391 e. The van der Waals surface area contributed by atoms with Crippen LogP contribution in [0.15, 0.2) is 30.5 Å². The fraction of sp³-hybridized carbons (Fsp3) is 0.524. The maximum atomic E-state index is 13.7. The molecule has 0 bridgehead atoms. The van der Waals surface area contributed by atoms with E-state index in [1.807, 2.05) is 31.2 Å². The van der Waals surface area contributed by atoms with Gasteiger partial charge in [-0.15, -0.1) is 0 Å². The van der Waals surface area contributed by atoms with Crippen LogP contribution in [0.3, 0.4) is 0 Å². The van der Waals surface area contributed by atoms with Gasteiger partial charge in [0.2, 0.25) is 5.95 Å². The monoisotopic (exact) mass is 403 g/mol. The van der Waals surface area contributed by atoms with Gasteiger partial charge in [0.25, 0.3) is 0 Å². The molecule has 1 unspecified atom stereocenters. The lowest BCUT2D eigenvalue weighted by Gasteiger charge is -2.32. The predicted molar refractivity (Wildman–Crippen MR) is 111 cm³/mol. The minimum atomic E-state index is -1.48. The molecule has 2 aromatic rings. The molecule has 8 heteroatoms. The van der Waals surface area contributed by atoms with E-state index >= 15 is 0 Å². The van der Waals surface area contributed by atoms with E-state index in [4.69, 9.17) is 0 Å². The number of nitrogens with zero attached hydrogens (tertiary/aromatic N) is 4. The summed E-state index contributed by atoms with van der Waals surface area (Å²) in [6.07, 6.45) is 1.01. The maximum Gasteiger partial charge on any atom is 0.229 e. The number of β-amino-alcohol motifs (C(OH)–C–C–N with tert-alkyl or cyclic N) is 1. The number of aliphatic hydroxyl groups is 1. The second-order valence-corrected chi connectivity index (χ2v) is 7.75. The number of aliphatic hydroxyl groups excluding tert-OH is 1. The molecule has 6 nitrogen and oxygen atoms in total. The van der Waals surface area contributed by atoms with Gasteiger partial charge >= 0.3 is 0 Å². The van der Waals surface area contributed by atoms with Gasteiger partial charge in [-0.25, -0.2) is 13.8 Å². The molecule has 2 aliphatic heterocycles. The number of anilines is 4. The lowest BCUT2D eigenvalue weighted by molar-refractivity contribution is 0.154. The summed E-state index contributed by atoms with van der Waals surface area (Å²) in [4.78, 5) is 12.7. The predicted octanol–water partition coefficient (Wildman–Crippen LogP) is 3.24. The van der Waals surface area contributed by atoms with Crippen LogP contribution in [-0.2, 0) is 6.42 Å². The van der Waals surface area contributed by atoms with Crippen LogP contribution in [0.1, 0.15) is 25.3 Å². The van der Waals surface area contributed by atoms with Crippen LogP contribution in [-0.4, -0.2) is 59.7 Å². The van der Waals surface area contributed by atoms with E-state index in [9.17, 15) is 13.9 Å². The van der Waals surface area contributed by atoms with Gasteiger partial charge in [-0.05, 0) is 43.5 Å². The van der Waals surface area contributed by atoms with Crippen molar-refractivity contribution in [1.82, 2.24) is 9.97 Å². The van der Waals surface area contributed by atoms with Crippen molar-refractivity contribution in [3.8, 4) is 0 Å². The average molecular weight is 403 g/mol. The van der Waals surface area contributed by atoms with Crippen molar-refractivity contribution < 1.29 is 13.9 Å². The highest BCUT2D eigenvalue weighted by molar-refractivity contribution is 5.61. The molecule has 2 aliphatic rings. The minimum absolute atomic E-state index is 0.0149. The summed E-state index contributed by atoms with van der Waals surface area (Å²) < 4.78 is 27.3. The Hall–Kier alpha value is -2.48. The summed E-state index contributed by atoms with van der Waals surface area (Å²) in [5.41, 5.74) is 2.77. The van der Waals surface area contributed by atoms with Crippen molar-refractivity contribution >= 4 is 23.1 Å². The maximum absolute atomic E-state index is 13.7. The summed E-state index contributed by atoms with van der Waals surface area (Å²) in [6.45, 7) is 3.60. The van der Waals surface area contributed by atoms with Gasteiger partial charge in [-0.3, -0.25) is 0 Å². The van der Waals surface area contributed by atoms with E-state index in [0.717, 1.165) is 36.3 Å². The Morgan fingerprint density at radius 3 is 2.48 bits per heavy atom. The summed E-state index contributed by atoms with van der Waals surface area (Å²) in [6, 6.07) is 7.89. The van der Waals surface area contributed by atoms with Crippen LogP contribution in [0.25, 0.3) is 0 Å². The molecule has 0 radical (unpaired) electrons. The van der Waals surface area contributed by atoms with Gasteiger partial charge < -0.3 is 20.2 Å². The second kappa shape index (κ2) is 8.49. The number of aryl methyl sites for hydroxylation is 1. The van der Waals surface area contributed by atoms with Crippen LogP contribution in [0.5, 0.6) is 0 Å². The number of benzene rings is 1. The number of aromatic nitrogens is 2. The molecular formula is C21H27F2N5O. The molecule has 1 aromatic carbocycles. The van der Waals surface area contributed by atoms with Crippen LogP contribution in [0.2, 0.25) is 0 Å². The zero-order chi connectivity index (χ0) is 20.4. The van der Waals surface area contributed by atoms with Crippen molar-refractivity contribution in [3.05, 3.63) is 36.0 Å². The Labute approximate surface area is 169 Å². The molecule has 2 N–H and O–H groups in total. The smallest absolute Gasteiger partial charge is 0.229 e. The van der Waals surface area contributed by atoms with E-state index in [2.05, 4.69) is 20.2 Å². The SMILES string of the molecule is CCc1cnc(Nc2ccc(N3CCCC(O)C3)cc2)nc1N1C[C@H](F)[C@@H](F)C1. The van der Waals surface area contributed by atoms with Crippen LogP contribution >= 0.6 is 0 Å². The molecule has 2 fully saturated rings. The number of nitrogens with one attached hydrogen (secondary N) is 1. The fourth-order valence-corrected chi connectivity index (χ4v) is 3.95. The van der Waals surface area contributed by atoms with Crippen molar-refractivity contribution in [2.75, 3.05) is 41.3 Å². The molecule has 3 atom stereocenters. The van der Waals surface area contributed by atoms with E-state index in [0.29, 0.717) is 24.7 Å². The first kappa shape index (κ1) is 19.8.